The van der Waals surface area contributed by atoms with Gasteiger partial charge in [-0.2, -0.15) is 13.2 Å². The summed E-state index contributed by atoms with van der Waals surface area (Å²) >= 11 is 3.36. The van der Waals surface area contributed by atoms with Crippen molar-refractivity contribution in [1.82, 2.24) is 5.16 Å². The maximum absolute atomic E-state index is 12.9. The fourth-order valence-corrected chi connectivity index (χ4v) is 3.08. The zero-order valence-corrected chi connectivity index (χ0v) is 17.7. The van der Waals surface area contributed by atoms with E-state index in [1.807, 2.05) is 19.1 Å². The zero-order valence-electron chi connectivity index (χ0n) is 16.1. The van der Waals surface area contributed by atoms with Gasteiger partial charge in [0, 0.05) is 10.0 Å². The van der Waals surface area contributed by atoms with Crippen LogP contribution in [0, 0.1) is 0 Å². The number of rotatable bonds is 5. The van der Waals surface area contributed by atoms with Crippen molar-refractivity contribution in [2.45, 2.75) is 32.5 Å². The van der Waals surface area contributed by atoms with Crippen molar-refractivity contribution in [1.29, 1.82) is 0 Å². The predicted octanol–water partition coefficient (Wildman–Crippen LogP) is 7.00. The van der Waals surface area contributed by atoms with Gasteiger partial charge in [0.05, 0.1) is 5.56 Å². The number of aromatic nitrogens is 1. The molecule has 0 aliphatic rings. The van der Waals surface area contributed by atoms with Crippen LogP contribution in [0.1, 0.15) is 36.8 Å². The number of anilines is 1. The fourth-order valence-electron chi connectivity index (χ4n) is 2.82. The lowest BCUT2D eigenvalue weighted by atomic mass is 10.1. The van der Waals surface area contributed by atoms with E-state index >= 15 is 0 Å². The number of ether oxygens (including phenoxy) is 1. The molecule has 1 amide bonds. The summed E-state index contributed by atoms with van der Waals surface area (Å²) in [7, 11) is 0. The molecule has 3 rings (SSSR count). The van der Waals surface area contributed by atoms with E-state index in [4.69, 9.17) is 9.26 Å². The molecular formula is C21H18BrF3N2O3. The minimum Gasteiger partial charge on any atom is -0.441 e. The highest BCUT2D eigenvalue weighted by Crippen LogP contribution is 2.34. The molecule has 0 radical (unpaired) electrons. The van der Waals surface area contributed by atoms with Crippen molar-refractivity contribution < 1.29 is 27.2 Å². The van der Waals surface area contributed by atoms with E-state index in [1.165, 1.54) is 19.1 Å². The first kappa shape index (κ1) is 21.9. The van der Waals surface area contributed by atoms with Crippen LogP contribution < -0.4 is 5.32 Å². The molecule has 1 aromatic heterocycles. The molecular weight excluding hydrogens is 465 g/mol. The highest BCUT2D eigenvalue weighted by Gasteiger charge is 2.31. The number of carbonyl (C=O) groups excluding carboxylic acids is 1. The number of halogens is 4. The molecule has 2 aromatic carbocycles. The number of carbonyl (C=O) groups is 1. The summed E-state index contributed by atoms with van der Waals surface area (Å²) in [6.07, 6.45) is -5.70. The number of hydrogen-bond donors (Lipinski definition) is 1. The van der Waals surface area contributed by atoms with E-state index in [0.29, 0.717) is 29.1 Å². The summed E-state index contributed by atoms with van der Waals surface area (Å²) in [5.74, 6) is 0.364. The van der Waals surface area contributed by atoms with Gasteiger partial charge in [-0.25, -0.2) is 4.79 Å². The molecule has 1 atom stereocenters. The van der Waals surface area contributed by atoms with E-state index in [0.717, 1.165) is 16.6 Å². The maximum Gasteiger partial charge on any atom is 0.416 e. The molecule has 0 saturated heterocycles. The Labute approximate surface area is 179 Å². The molecule has 0 aliphatic heterocycles. The predicted molar refractivity (Wildman–Crippen MR) is 109 cm³/mol. The summed E-state index contributed by atoms with van der Waals surface area (Å²) in [6.45, 7) is 3.35. The van der Waals surface area contributed by atoms with Crippen LogP contribution >= 0.6 is 15.9 Å². The molecule has 0 aliphatic carbocycles. The molecule has 0 saturated carbocycles. The second kappa shape index (κ2) is 8.91. The average Bonchev–Trinajstić information content (AvgIpc) is 3.10. The second-order valence-electron chi connectivity index (χ2n) is 6.49. The first-order chi connectivity index (χ1) is 14.2. The lowest BCUT2D eigenvalue weighted by Gasteiger charge is -2.16. The number of nitrogens with zero attached hydrogens (tertiary/aromatic N) is 1. The van der Waals surface area contributed by atoms with Gasteiger partial charge in [-0.15, -0.1) is 0 Å². The summed E-state index contributed by atoms with van der Waals surface area (Å²) in [6, 6.07) is 11.9. The molecule has 9 heteroatoms. The van der Waals surface area contributed by atoms with Gasteiger partial charge in [-0.1, -0.05) is 40.1 Å². The first-order valence-corrected chi connectivity index (χ1v) is 9.87. The highest BCUT2D eigenvalue weighted by molar-refractivity contribution is 9.10. The van der Waals surface area contributed by atoms with Crippen LogP contribution in [0.2, 0.25) is 0 Å². The van der Waals surface area contributed by atoms with E-state index in [1.54, 1.807) is 12.1 Å². The van der Waals surface area contributed by atoms with Crippen molar-refractivity contribution in [3.8, 4) is 11.3 Å². The molecule has 0 spiro atoms. The smallest absolute Gasteiger partial charge is 0.416 e. The Balaban J connectivity index is 1.78. The molecule has 1 N–H and O–H groups in total. The zero-order chi connectivity index (χ0) is 21.9. The number of amides is 1. The van der Waals surface area contributed by atoms with E-state index in [2.05, 4.69) is 26.4 Å². The molecule has 0 bridgehead atoms. The molecule has 3 aromatic rings. The van der Waals surface area contributed by atoms with Crippen molar-refractivity contribution in [3.05, 3.63) is 69.8 Å². The number of benzene rings is 2. The Hall–Kier alpha value is -2.81. The van der Waals surface area contributed by atoms with Gasteiger partial charge in [-0.3, -0.25) is 5.32 Å². The van der Waals surface area contributed by atoms with Gasteiger partial charge in [0.2, 0.25) is 0 Å². The molecule has 0 fully saturated rings. The minimum atomic E-state index is -4.48. The first-order valence-electron chi connectivity index (χ1n) is 9.08. The Morgan fingerprint density at radius 1 is 1.23 bits per heavy atom. The van der Waals surface area contributed by atoms with Gasteiger partial charge >= 0.3 is 12.3 Å². The van der Waals surface area contributed by atoms with Crippen molar-refractivity contribution in [2.24, 2.45) is 0 Å². The summed E-state index contributed by atoms with van der Waals surface area (Å²) in [5.41, 5.74) is 1.01. The van der Waals surface area contributed by atoms with E-state index in [-0.39, 0.29) is 5.56 Å². The van der Waals surface area contributed by atoms with Crippen LogP contribution in [0.3, 0.4) is 0 Å². The van der Waals surface area contributed by atoms with Crippen LogP contribution in [-0.4, -0.2) is 11.2 Å². The Kier molecular flexibility index (Phi) is 6.50. The number of nitrogens with one attached hydrogen (secondary N) is 1. The number of aryl methyl sites for hydroxylation is 1. The van der Waals surface area contributed by atoms with Crippen LogP contribution in [0.25, 0.3) is 11.3 Å². The largest absolute Gasteiger partial charge is 0.441 e. The Bertz CT molecular complexity index is 1030. The SMILES string of the molecule is CCc1noc(-c2ccc(Br)cc2)c1NC(=O)O[C@H](C)c1cccc(C(F)(F)F)c1. The summed E-state index contributed by atoms with van der Waals surface area (Å²) < 4.78 is 50.3. The van der Waals surface area contributed by atoms with Gasteiger partial charge in [0.1, 0.15) is 17.5 Å². The van der Waals surface area contributed by atoms with Crippen molar-refractivity contribution in [3.63, 3.8) is 0 Å². The third kappa shape index (κ3) is 5.02. The van der Waals surface area contributed by atoms with Crippen molar-refractivity contribution in [2.75, 3.05) is 5.32 Å². The summed E-state index contributed by atoms with van der Waals surface area (Å²) in [4.78, 5) is 12.4. The Morgan fingerprint density at radius 3 is 2.57 bits per heavy atom. The van der Waals surface area contributed by atoms with E-state index in [9.17, 15) is 18.0 Å². The molecule has 1 heterocycles. The second-order valence-corrected chi connectivity index (χ2v) is 7.41. The number of alkyl halides is 3. The van der Waals surface area contributed by atoms with Gasteiger partial charge in [0.15, 0.2) is 5.76 Å². The van der Waals surface area contributed by atoms with Gasteiger partial charge in [0.25, 0.3) is 0 Å². The van der Waals surface area contributed by atoms with Crippen LogP contribution in [0.15, 0.2) is 57.5 Å². The Morgan fingerprint density at radius 2 is 1.93 bits per heavy atom. The lowest BCUT2D eigenvalue weighted by molar-refractivity contribution is -0.137. The molecule has 158 valence electrons. The highest BCUT2D eigenvalue weighted by atomic mass is 79.9. The fraction of sp³-hybridized carbons (Fsp3) is 0.238. The van der Waals surface area contributed by atoms with Gasteiger partial charge in [-0.05, 0) is 55.3 Å². The maximum atomic E-state index is 12.9. The molecule has 30 heavy (non-hydrogen) atoms. The molecule has 5 nitrogen and oxygen atoms in total. The monoisotopic (exact) mass is 482 g/mol. The third-order valence-corrected chi connectivity index (χ3v) is 4.93. The van der Waals surface area contributed by atoms with Gasteiger partial charge < -0.3 is 9.26 Å². The molecule has 0 unspecified atom stereocenters. The normalized spacial score (nSPS) is 12.5. The standard InChI is InChI=1S/C21H18BrF3N2O3/c1-3-17-18(19(30-27-17)13-7-9-16(22)10-8-13)26-20(28)29-12(2)14-5-4-6-15(11-14)21(23,24)25/h4-12H,3H2,1-2H3,(H,26,28)/t12-/m1/s1. The third-order valence-electron chi connectivity index (χ3n) is 4.40. The average molecular weight is 483 g/mol. The van der Waals surface area contributed by atoms with Crippen LogP contribution in [0.5, 0.6) is 0 Å². The van der Waals surface area contributed by atoms with Crippen molar-refractivity contribution >= 4 is 27.7 Å². The number of hydrogen-bond acceptors (Lipinski definition) is 4. The topological polar surface area (TPSA) is 64.4 Å². The van der Waals surface area contributed by atoms with Crippen LogP contribution in [-0.2, 0) is 17.3 Å². The quantitative estimate of drug-likeness (QED) is 0.425. The minimum absolute atomic E-state index is 0.231. The summed E-state index contributed by atoms with van der Waals surface area (Å²) in [5, 5.41) is 6.60. The van der Waals surface area contributed by atoms with Crippen LogP contribution in [0.4, 0.5) is 23.7 Å². The lowest BCUT2D eigenvalue weighted by Crippen LogP contribution is -2.17. The van der Waals surface area contributed by atoms with E-state index < -0.39 is 23.9 Å².